The van der Waals surface area contributed by atoms with Gasteiger partial charge in [-0.1, -0.05) is 11.6 Å². The third-order valence-electron chi connectivity index (χ3n) is 5.68. The fraction of sp³-hybridized carbons (Fsp3) is 0.391. The molecule has 2 atom stereocenters. The number of nitrogens with zero attached hydrogens (tertiary/aromatic N) is 1. The SMILES string of the molecule is CO[C@@H]1CC[C@@H](S(=O)(=O)c2ccc(Oc3ccc(F)cc3)cc2Cl)C1.N#CC1(NC(=O)O)CC1. The smallest absolute Gasteiger partial charge is 0.405 e. The molecule has 2 aliphatic carbocycles. The average molecular weight is 511 g/mol. The maximum absolute atomic E-state index is 12.9. The quantitative estimate of drug-likeness (QED) is 0.564. The van der Waals surface area contributed by atoms with Gasteiger partial charge in [-0.15, -0.1) is 0 Å². The molecule has 182 valence electrons. The van der Waals surface area contributed by atoms with Crippen molar-refractivity contribution < 1.29 is 32.2 Å². The molecule has 2 N–H and O–H groups in total. The van der Waals surface area contributed by atoms with Crippen LogP contribution in [0, 0.1) is 17.1 Å². The van der Waals surface area contributed by atoms with Crippen LogP contribution in [0.2, 0.25) is 5.02 Å². The highest BCUT2D eigenvalue weighted by Crippen LogP contribution is 2.36. The van der Waals surface area contributed by atoms with Crippen LogP contribution in [0.4, 0.5) is 9.18 Å². The van der Waals surface area contributed by atoms with Crippen LogP contribution in [0.25, 0.3) is 0 Å². The summed E-state index contributed by atoms with van der Waals surface area (Å²) in [5.74, 6) is 0.460. The predicted octanol–water partition coefficient (Wildman–Crippen LogP) is 4.92. The Hall–Kier alpha value is -2.87. The normalized spacial score (nSPS) is 20.4. The van der Waals surface area contributed by atoms with Gasteiger partial charge in [0.05, 0.1) is 27.3 Å². The number of ether oxygens (including phenoxy) is 2. The van der Waals surface area contributed by atoms with Crippen LogP contribution in [0.5, 0.6) is 11.5 Å². The Labute approximate surface area is 202 Å². The van der Waals surface area contributed by atoms with Crippen LogP contribution in [-0.2, 0) is 14.6 Å². The van der Waals surface area contributed by atoms with Crippen LogP contribution in [0.3, 0.4) is 0 Å². The number of nitriles is 1. The van der Waals surface area contributed by atoms with Gasteiger partial charge in [-0.2, -0.15) is 5.26 Å². The van der Waals surface area contributed by atoms with E-state index >= 15 is 0 Å². The van der Waals surface area contributed by atoms with Crippen molar-refractivity contribution >= 4 is 27.5 Å². The van der Waals surface area contributed by atoms with Gasteiger partial charge in [0.1, 0.15) is 22.9 Å². The van der Waals surface area contributed by atoms with E-state index in [1.807, 2.05) is 6.07 Å². The molecule has 0 heterocycles. The first-order valence-electron chi connectivity index (χ1n) is 10.5. The molecule has 11 heteroatoms. The molecule has 2 aromatic rings. The van der Waals surface area contributed by atoms with E-state index in [0.29, 0.717) is 37.2 Å². The Kier molecular flexibility index (Phi) is 8.02. The zero-order chi connectivity index (χ0) is 24.9. The molecule has 1 amide bonds. The molecule has 0 spiro atoms. The van der Waals surface area contributed by atoms with Crippen LogP contribution in [0.1, 0.15) is 32.1 Å². The highest BCUT2D eigenvalue weighted by atomic mass is 35.5. The second kappa shape index (κ2) is 10.6. The second-order valence-corrected chi connectivity index (χ2v) is 10.7. The maximum atomic E-state index is 12.9. The molecule has 0 unspecified atom stereocenters. The molecule has 4 rings (SSSR count). The lowest BCUT2D eigenvalue weighted by atomic mass is 10.3. The van der Waals surface area contributed by atoms with Crippen molar-refractivity contribution in [2.45, 2.75) is 53.9 Å². The van der Waals surface area contributed by atoms with Gasteiger partial charge in [0.25, 0.3) is 0 Å². The molecule has 2 aliphatic rings. The number of benzene rings is 2. The summed E-state index contributed by atoms with van der Waals surface area (Å²) in [5, 5.41) is 18.2. The van der Waals surface area contributed by atoms with Crippen molar-refractivity contribution in [1.29, 1.82) is 5.26 Å². The molecular formula is C23H24ClFN2O6S. The lowest BCUT2D eigenvalue weighted by molar-refractivity contribution is 0.109. The van der Waals surface area contributed by atoms with E-state index in [9.17, 15) is 17.6 Å². The summed E-state index contributed by atoms with van der Waals surface area (Å²) in [4.78, 5) is 10.1. The van der Waals surface area contributed by atoms with Crippen molar-refractivity contribution in [2.75, 3.05) is 7.11 Å². The zero-order valence-electron chi connectivity index (χ0n) is 18.3. The van der Waals surface area contributed by atoms with Crippen LogP contribution >= 0.6 is 11.6 Å². The van der Waals surface area contributed by atoms with Gasteiger partial charge in [-0.05, 0) is 68.5 Å². The van der Waals surface area contributed by atoms with Crippen molar-refractivity contribution in [3.05, 3.63) is 53.3 Å². The fourth-order valence-electron chi connectivity index (χ4n) is 3.59. The number of carboxylic acid groups (broad SMARTS) is 1. The summed E-state index contributed by atoms with van der Waals surface area (Å²) in [6.45, 7) is 0. The molecule has 0 saturated heterocycles. The summed E-state index contributed by atoms with van der Waals surface area (Å²) in [6.07, 6.45) is 1.91. The summed E-state index contributed by atoms with van der Waals surface area (Å²) in [7, 11) is -1.93. The van der Waals surface area contributed by atoms with E-state index in [2.05, 4.69) is 5.32 Å². The summed E-state index contributed by atoms with van der Waals surface area (Å²) in [5.41, 5.74) is -0.730. The standard InChI is InChI=1S/C18H18ClFO4S.C5H6N2O2/c1-23-14-6-8-16(10-14)25(21,22)18-9-7-15(11-17(18)19)24-13-4-2-12(20)3-5-13;6-3-5(1-2-5)7-4(8)9/h2-5,7,9,11,14,16H,6,8,10H2,1H3;7H,1-2H2,(H,8,9)/t14-,16-;/m1./s1. The zero-order valence-corrected chi connectivity index (χ0v) is 19.9. The molecule has 0 aromatic heterocycles. The fourth-order valence-corrected chi connectivity index (χ4v) is 5.94. The lowest BCUT2D eigenvalue weighted by Gasteiger charge is -2.14. The Bertz CT molecular complexity index is 1180. The first kappa shape index (κ1) is 25.7. The number of amides is 1. The Morgan fingerprint density at radius 2 is 1.85 bits per heavy atom. The number of halogens is 2. The first-order chi connectivity index (χ1) is 16.1. The number of hydrogen-bond donors (Lipinski definition) is 2. The minimum Gasteiger partial charge on any atom is -0.465 e. The van der Waals surface area contributed by atoms with E-state index in [1.165, 1.54) is 36.4 Å². The number of methoxy groups -OCH3 is 1. The number of carbonyl (C=O) groups is 1. The minimum absolute atomic E-state index is 0.0281. The van der Waals surface area contributed by atoms with Gasteiger partial charge in [0.15, 0.2) is 9.84 Å². The van der Waals surface area contributed by atoms with Gasteiger partial charge < -0.3 is 19.9 Å². The molecule has 2 fully saturated rings. The molecule has 2 saturated carbocycles. The van der Waals surface area contributed by atoms with Crippen LogP contribution in [0.15, 0.2) is 47.4 Å². The summed E-state index contributed by atoms with van der Waals surface area (Å²) in [6, 6.07) is 11.9. The number of nitrogens with one attached hydrogen (secondary N) is 1. The van der Waals surface area contributed by atoms with Crippen LogP contribution in [-0.4, -0.2) is 43.6 Å². The van der Waals surface area contributed by atoms with E-state index in [0.717, 1.165) is 6.42 Å². The van der Waals surface area contributed by atoms with E-state index in [4.69, 9.17) is 31.4 Å². The van der Waals surface area contributed by atoms with Gasteiger partial charge in [-0.3, -0.25) is 0 Å². The third kappa shape index (κ3) is 6.38. The van der Waals surface area contributed by atoms with Crippen molar-refractivity contribution in [1.82, 2.24) is 5.32 Å². The predicted molar refractivity (Wildman–Crippen MR) is 122 cm³/mol. The van der Waals surface area contributed by atoms with Gasteiger partial charge in [0.2, 0.25) is 0 Å². The highest BCUT2D eigenvalue weighted by Gasteiger charge is 2.44. The Morgan fingerprint density at radius 3 is 2.32 bits per heavy atom. The van der Waals surface area contributed by atoms with E-state index in [-0.39, 0.29) is 21.8 Å². The maximum Gasteiger partial charge on any atom is 0.405 e. The van der Waals surface area contributed by atoms with Crippen molar-refractivity contribution in [3.63, 3.8) is 0 Å². The van der Waals surface area contributed by atoms with E-state index in [1.54, 1.807) is 13.2 Å². The molecule has 2 aromatic carbocycles. The Morgan fingerprint density at radius 1 is 1.21 bits per heavy atom. The Balaban J connectivity index is 0.000000302. The molecule has 8 nitrogen and oxygen atoms in total. The topological polar surface area (TPSA) is 126 Å². The second-order valence-electron chi connectivity index (χ2n) is 8.11. The van der Waals surface area contributed by atoms with Gasteiger partial charge in [-0.25, -0.2) is 17.6 Å². The molecular weight excluding hydrogens is 487 g/mol. The van der Waals surface area contributed by atoms with Crippen molar-refractivity contribution in [2.24, 2.45) is 0 Å². The van der Waals surface area contributed by atoms with Crippen LogP contribution < -0.4 is 10.1 Å². The molecule has 0 radical (unpaired) electrons. The van der Waals surface area contributed by atoms with Gasteiger partial charge >= 0.3 is 6.09 Å². The molecule has 34 heavy (non-hydrogen) atoms. The summed E-state index contributed by atoms with van der Waals surface area (Å²) < 4.78 is 49.4. The highest BCUT2D eigenvalue weighted by molar-refractivity contribution is 7.92. The lowest BCUT2D eigenvalue weighted by Crippen LogP contribution is -2.33. The largest absolute Gasteiger partial charge is 0.465 e. The number of rotatable bonds is 6. The average Bonchev–Trinajstić information content (AvgIpc) is 3.37. The molecule has 0 bridgehead atoms. The monoisotopic (exact) mass is 510 g/mol. The van der Waals surface area contributed by atoms with E-state index < -0.39 is 26.7 Å². The van der Waals surface area contributed by atoms with Gasteiger partial charge in [0, 0.05) is 13.2 Å². The number of sulfone groups is 1. The first-order valence-corrected chi connectivity index (χ1v) is 12.4. The third-order valence-corrected chi connectivity index (χ3v) is 8.38. The summed E-state index contributed by atoms with van der Waals surface area (Å²) >= 11 is 6.20. The molecule has 0 aliphatic heterocycles. The minimum atomic E-state index is -3.52. The number of hydrogen-bond acceptors (Lipinski definition) is 6. The van der Waals surface area contributed by atoms with Crippen molar-refractivity contribution in [3.8, 4) is 17.6 Å².